The lowest BCUT2D eigenvalue weighted by molar-refractivity contribution is -0.117. The van der Waals surface area contributed by atoms with E-state index in [1.807, 2.05) is 37.3 Å². The van der Waals surface area contributed by atoms with E-state index in [1.165, 1.54) is 0 Å². The molecule has 0 saturated carbocycles. The fraction of sp³-hybridized carbons (Fsp3) is 0.182. The molecule has 0 spiro atoms. The Morgan fingerprint density at radius 1 is 1.43 bits per heavy atom. The smallest absolute Gasteiger partial charge is 0.262 e. The van der Waals surface area contributed by atoms with Gasteiger partial charge in [0.25, 0.3) is 5.91 Å². The average Bonchev–Trinajstić information content (AvgIpc) is 2.19. The number of hydrogen-bond acceptors (Lipinski definition) is 1. The Labute approximate surface area is 88.6 Å². The Kier molecular flexibility index (Phi) is 3.72. The zero-order chi connectivity index (χ0) is 10.6. The van der Waals surface area contributed by atoms with Gasteiger partial charge in [-0.2, -0.15) is 0 Å². The van der Waals surface area contributed by atoms with Gasteiger partial charge in [-0.15, -0.1) is 0 Å². The second-order valence-electron chi connectivity index (χ2n) is 3.01. The SMILES string of the molecule is C=C(Cl)C(=O)N[C@@H](C)c1ccccc1. The van der Waals surface area contributed by atoms with Gasteiger partial charge in [0, 0.05) is 0 Å². The first-order valence-corrected chi connectivity index (χ1v) is 4.69. The van der Waals surface area contributed by atoms with E-state index in [0.29, 0.717) is 0 Å². The van der Waals surface area contributed by atoms with E-state index >= 15 is 0 Å². The van der Waals surface area contributed by atoms with E-state index in [9.17, 15) is 4.79 Å². The molecule has 0 aliphatic heterocycles. The topological polar surface area (TPSA) is 29.1 Å². The number of hydrogen-bond donors (Lipinski definition) is 1. The molecule has 0 heterocycles. The molecule has 74 valence electrons. The zero-order valence-electron chi connectivity index (χ0n) is 7.96. The predicted molar refractivity (Wildman–Crippen MR) is 58.0 cm³/mol. The van der Waals surface area contributed by atoms with Crippen LogP contribution in [-0.2, 0) is 4.79 Å². The minimum atomic E-state index is -0.331. The van der Waals surface area contributed by atoms with Crippen molar-refractivity contribution in [2.75, 3.05) is 0 Å². The summed E-state index contributed by atoms with van der Waals surface area (Å²) in [5.41, 5.74) is 1.04. The van der Waals surface area contributed by atoms with E-state index in [2.05, 4.69) is 11.9 Å². The minimum Gasteiger partial charge on any atom is -0.345 e. The average molecular weight is 210 g/mol. The largest absolute Gasteiger partial charge is 0.345 e. The lowest BCUT2D eigenvalue weighted by Crippen LogP contribution is -2.26. The van der Waals surface area contributed by atoms with E-state index in [0.717, 1.165) is 5.56 Å². The van der Waals surface area contributed by atoms with Crippen LogP contribution >= 0.6 is 11.6 Å². The van der Waals surface area contributed by atoms with Crippen LogP contribution in [0.4, 0.5) is 0 Å². The van der Waals surface area contributed by atoms with Crippen LogP contribution < -0.4 is 5.32 Å². The molecule has 0 fully saturated rings. The van der Waals surface area contributed by atoms with Crippen molar-refractivity contribution in [2.24, 2.45) is 0 Å². The summed E-state index contributed by atoms with van der Waals surface area (Å²) in [6.07, 6.45) is 0. The number of halogens is 1. The first-order valence-electron chi connectivity index (χ1n) is 4.31. The molecule has 1 N–H and O–H groups in total. The molecule has 1 amide bonds. The van der Waals surface area contributed by atoms with Gasteiger partial charge in [0.05, 0.1) is 11.1 Å². The van der Waals surface area contributed by atoms with Crippen LogP contribution in [0.3, 0.4) is 0 Å². The molecule has 0 bridgehead atoms. The molecular formula is C11H12ClNO. The molecule has 0 saturated heterocycles. The normalized spacial score (nSPS) is 11.9. The van der Waals surface area contributed by atoms with Gasteiger partial charge in [0.1, 0.15) is 0 Å². The highest BCUT2D eigenvalue weighted by Gasteiger charge is 2.09. The molecular weight excluding hydrogens is 198 g/mol. The maximum absolute atomic E-state index is 11.2. The molecule has 1 atom stereocenters. The van der Waals surface area contributed by atoms with Crippen LogP contribution in [-0.4, -0.2) is 5.91 Å². The Hall–Kier alpha value is -1.28. The summed E-state index contributed by atoms with van der Waals surface area (Å²) in [7, 11) is 0. The van der Waals surface area contributed by atoms with E-state index in [-0.39, 0.29) is 17.0 Å². The number of rotatable bonds is 3. The van der Waals surface area contributed by atoms with Crippen molar-refractivity contribution >= 4 is 17.5 Å². The van der Waals surface area contributed by atoms with Crippen molar-refractivity contribution in [3.63, 3.8) is 0 Å². The van der Waals surface area contributed by atoms with Gasteiger partial charge in [-0.3, -0.25) is 4.79 Å². The lowest BCUT2D eigenvalue weighted by Gasteiger charge is -2.13. The molecule has 14 heavy (non-hydrogen) atoms. The molecule has 1 aromatic carbocycles. The first kappa shape index (κ1) is 10.8. The predicted octanol–water partition coefficient (Wildman–Crippen LogP) is 2.62. The van der Waals surface area contributed by atoms with Crippen LogP contribution in [0.2, 0.25) is 0 Å². The van der Waals surface area contributed by atoms with E-state index in [4.69, 9.17) is 11.6 Å². The number of carbonyl (C=O) groups is 1. The highest BCUT2D eigenvalue weighted by Crippen LogP contribution is 2.12. The van der Waals surface area contributed by atoms with Crippen LogP contribution in [0.1, 0.15) is 18.5 Å². The van der Waals surface area contributed by atoms with Gasteiger partial charge in [0.15, 0.2) is 0 Å². The van der Waals surface area contributed by atoms with Gasteiger partial charge >= 0.3 is 0 Å². The molecule has 3 heteroatoms. The zero-order valence-corrected chi connectivity index (χ0v) is 8.71. The Bertz CT molecular complexity index is 334. The standard InChI is InChI=1S/C11H12ClNO/c1-8(12)11(14)13-9(2)10-6-4-3-5-7-10/h3-7,9H,1H2,2H3,(H,13,14)/t9-/m0/s1. The third-order valence-electron chi connectivity index (χ3n) is 1.89. The molecule has 0 aromatic heterocycles. The maximum atomic E-state index is 11.2. The quantitative estimate of drug-likeness (QED) is 0.762. The Morgan fingerprint density at radius 2 is 2.00 bits per heavy atom. The second-order valence-corrected chi connectivity index (χ2v) is 3.47. The van der Waals surface area contributed by atoms with Crippen LogP contribution in [0.25, 0.3) is 0 Å². The minimum absolute atomic E-state index is 0.00720. The summed E-state index contributed by atoms with van der Waals surface area (Å²) < 4.78 is 0. The van der Waals surface area contributed by atoms with E-state index in [1.54, 1.807) is 0 Å². The summed E-state index contributed by atoms with van der Waals surface area (Å²) in [4.78, 5) is 11.2. The summed E-state index contributed by atoms with van der Waals surface area (Å²) in [5, 5.41) is 2.73. The third kappa shape index (κ3) is 2.89. The van der Waals surface area contributed by atoms with Crippen molar-refractivity contribution in [3.05, 3.63) is 47.5 Å². The van der Waals surface area contributed by atoms with Gasteiger partial charge in [0.2, 0.25) is 0 Å². The second kappa shape index (κ2) is 4.82. The highest BCUT2D eigenvalue weighted by molar-refractivity contribution is 6.41. The monoisotopic (exact) mass is 209 g/mol. The Balaban J connectivity index is 2.64. The molecule has 1 aromatic rings. The Morgan fingerprint density at radius 3 is 2.50 bits per heavy atom. The molecule has 0 unspecified atom stereocenters. The van der Waals surface area contributed by atoms with Gasteiger partial charge in [-0.1, -0.05) is 48.5 Å². The van der Waals surface area contributed by atoms with Gasteiger partial charge < -0.3 is 5.32 Å². The summed E-state index contributed by atoms with van der Waals surface area (Å²) >= 11 is 5.45. The highest BCUT2D eigenvalue weighted by atomic mass is 35.5. The molecule has 0 aliphatic carbocycles. The maximum Gasteiger partial charge on any atom is 0.262 e. The summed E-state index contributed by atoms with van der Waals surface area (Å²) in [5.74, 6) is -0.331. The van der Waals surface area contributed by atoms with Crippen molar-refractivity contribution in [1.29, 1.82) is 0 Å². The number of carbonyl (C=O) groups excluding carboxylic acids is 1. The van der Waals surface area contributed by atoms with Crippen molar-refractivity contribution in [2.45, 2.75) is 13.0 Å². The number of benzene rings is 1. The van der Waals surface area contributed by atoms with Gasteiger partial charge in [-0.25, -0.2) is 0 Å². The van der Waals surface area contributed by atoms with Crippen molar-refractivity contribution in [3.8, 4) is 0 Å². The van der Waals surface area contributed by atoms with E-state index < -0.39 is 0 Å². The third-order valence-corrected chi connectivity index (χ3v) is 2.07. The number of nitrogens with one attached hydrogen (secondary N) is 1. The number of amides is 1. The molecule has 0 radical (unpaired) electrons. The van der Waals surface area contributed by atoms with Crippen LogP contribution in [0.5, 0.6) is 0 Å². The molecule has 0 aliphatic rings. The summed E-state index contributed by atoms with van der Waals surface area (Å²) in [6.45, 7) is 5.25. The molecule has 1 rings (SSSR count). The molecule has 2 nitrogen and oxygen atoms in total. The van der Waals surface area contributed by atoms with Gasteiger partial charge in [-0.05, 0) is 12.5 Å². The fourth-order valence-electron chi connectivity index (χ4n) is 1.10. The first-order chi connectivity index (χ1) is 6.61. The van der Waals surface area contributed by atoms with Crippen LogP contribution in [0.15, 0.2) is 41.9 Å². The summed E-state index contributed by atoms with van der Waals surface area (Å²) in [6, 6.07) is 9.61. The van der Waals surface area contributed by atoms with Crippen molar-refractivity contribution < 1.29 is 4.79 Å². The van der Waals surface area contributed by atoms with Crippen LogP contribution in [0, 0.1) is 0 Å². The van der Waals surface area contributed by atoms with Crippen molar-refractivity contribution in [1.82, 2.24) is 5.32 Å². The fourth-order valence-corrected chi connectivity index (χ4v) is 1.15. The lowest BCUT2D eigenvalue weighted by atomic mass is 10.1.